The first-order chi connectivity index (χ1) is 13.6. The molecule has 0 bridgehead atoms. The molecule has 2 aromatic heterocycles. The van der Waals surface area contributed by atoms with Crippen LogP contribution in [0.1, 0.15) is 19.2 Å². The second-order valence-electron chi connectivity index (χ2n) is 5.83. The predicted molar refractivity (Wildman–Crippen MR) is 105 cm³/mol. The first-order valence-electron chi connectivity index (χ1n) is 8.78. The largest absolute Gasteiger partial charge is 0.484 e. The fourth-order valence-corrected chi connectivity index (χ4v) is 2.99. The molecule has 2 N–H and O–H groups in total. The number of thiophene rings is 1. The molecule has 0 atom stereocenters. The molecule has 0 fully saturated rings. The van der Waals surface area contributed by atoms with Crippen LogP contribution < -0.4 is 15.4 Å². The number of nitrogens with one attached hydrogen (secondary N) is 2. The SMILES string of the molecule is CCNC(=O)COc1cccc(NC(=O)CCc2nnc(-c3ccsc3)o2)c1. The molecule has 0 spiro atoms. The van der Waals surface area contributed by atoms with Gasteiger partial charge in [-0.1, -0.05) is 6.07 Å². The van der Waals surface area contributed by atoms with Crippen molar-refractivity contribution in [2.24, 2.45) is 0 Å². The predicted octanol–water partition coefficient (Wildman–Crippen LogP) is 2.88. The van der Waals surface area contributed by atoms with Gasteiger partial charge in [0, 0.05) is 42.1 Å². The number of rotatable bonds is 9. The standard InChI is InChI=1S/C19H20N4O4S/c1-2-20-17(25)11-26-15-5-3-4-14(10-15)21-16(24)6-7-18-22-23-19(27-18)13-8-9-28-12-13/h3-5,8-10,12H,2,6-7,11H2,1H3,(H,20,25)(H,21,24). The summed E-state index contributed by atoms with van der Waals surface area (Å²) in [5.74, 6) is 0.986. The molecule has 0 aliphatic carbocycles. The first kappa shape index (κ1) is 19.6. The zero-order chi connectivity index (χ0) is 19.8. The van der Waals surface area contributed by atoms with Gasteiger partial charge in [-0.15, -0.1) is 10.2 Å². The van der Waals surface area contributed by atoms with E-state index in [1.807, 2.05) is 23.8 Å². The lowest BCUT2D eigenvalue weighted by molar-refractivity contribution is -0.123. The summed E-state index contributed by atoms with van der Waals surface area (Å²) in [6.07, 6.45) is 0.547. The van der Waals surface area contributed by atoms with E-state index in [4.69, 9.17) is 9.15 Å². The molecule has 8 nitrogen and oxygen atoms in total. The third kappa shape index (κ3) is 5.65. The molecule has 1 aromatic carbocycles. The van der Waals surface area contributed by atoms with Crippen molar-refractivity contribution in [1.29, 1.82) is 0 Å². The topological polar surface area (TPSA) is 106 Å². The van der Waals surface area contributed by atoms with E-state index in [-0.39, 0.29) is 24.8 Å². The molecule has 0 radical (unpaired) electrons. The van der Waals surface area contributed by atoms with Crippen LogP contribution in [-0.2, 0) is 16.0 Å². The van der Waals surface area contributed by atoms with Gasteiger partial charge < -0.3 is 19.8 Å². The molecule has 2 amide bonds. The van der Waals surface area contributed by atoms with Crippen molar-refractivity contribution in [2.45, 2.75) is 19.8 Å². The van der Waals surface area contributed by atoms with Gasteiger partial charge in [-0.25, -0.2) is 0 Å². The number of carbonyl (C=O) groups is 2. The van der Waals surface area contributed by atoms with Crippen LogP contribution in [0, 0.1) is 0 Å². The fraction of sp³-hybridized carbons (Fsp3) is 0.263. The average molecular weight is 400 g/mol. The third-order valence-electron chi connectivity index (χ3n) is 3.66. The van der Waals surface area contributed by atoms with Crippen LogP contribution in [0.25, 0.3) is 11.5 Å². The lowest BCUT2D eigenvalue weighted by Crippen LogP contribution is -2.28. The molecule has 146 valence electrons. The summed E-state index contributed by atoms with van der Waals surface area (Å²) < 4.78 is 11.0. The Morgan fingerprint density at radius 1 is 1.21 bits per heavy atom. The van der Waals surface area contributed by atoms with Crippen molar-refractivity contribution in [3.8, 4) is 17.2 Å². The molecule has 0 unspecified atom stereocenters. The molecule has 0 aliphatic rings. The van der Waals surface area contributed by atoms with Gasteiger partial charge in [0.1, 0.15) is 5.75 Å². The summed E-state index contributed by atoms with van der Waals surface area (Å²) in [7, 11) is 0. The Hall–Kier alpha value is -3.20. The van der Waals surface area contributed by atoms with Crippen LogP contribution in [0.4, 0.5) is 5.69 Å². The van der Waals surface area contributed by atoms with Gasteiger partial charge in [-0.05, 0) is 30.5 Å². The van der Waals surface area contributed by atoms with Gasteiger partial charge in [-0.2, -0.15) is 11.3 Å². The van der Waals surface area contributed by atoms with E-state index in [0.29, 0.717) is 36.2 Å². The molecule has 28 heavy (non-hydrogen) atoms. The highest BCUT2D eigenvalue weighted by Gasteiger charge is 2.11. The number of aromatic nitrogens is 2. The number of anilines is 1. The Morgan fingerprint density at radius 2 is 2.11 bits per heavy atom. The maximum absolute atomic E-state index is 12.2. The number of aryl methyl sites for hydroxylation is 1. The van der Waals surface area contributed by atoms with Crippen LogP contribution in [0.5, 0.6) is 5.75 Å². The highest BCUT2D eigenvalue weighted by Crippen LogP contribution is 2.21. The number of hydrogen-bond donors (Lipinski definition) is 2. The van der Waals surface area contributed by atoms with Crippen LogP contribution in [-0.4, -0.2) is 35.2 Å². The zero-order valence-electron chi connectivity index (χ0n) is 15.3. The Morgan fingerprint density at radius 3 is 2.89 bits per heavy atom. The number of nitrogens with zero attached hydrogens (tertiary/aromatic N) is 2. The summed E-state index contributed by atoms with van der Waals surface area (Å²) in [5, 5.41) is 17.3. The molecule has 9 heteroatoms. The van der Waals surface area contributed by atoms with Crippen molar-refractivity contribution >= 4 is 28.8 Å². The average Bonchev–Trinajstić information content (AvgIpc) is 3.37. The number of amides is 2. The van der Waals surface area contributed by atoms with Gasteiger partial charge in [0.25, 0.3) is 5.91 Å². The van der Waals surface area contributed by atoms with E-state index >= 15 is 0 Å². The van der Waals surface area contributed by atoms with Crippen molar-refractivity contribution in [1.82, 2.24) is 15.5 Å². The fourth-order valence-electron chi connectivity index (χ4n) is 2.36. The second kappa shape index (κ2) is 9.65. The Balaban J connectivity index is 1.48. The Kier molecular flexibility index (Phi) is 6.74. The second-order valence-corrected chi connectivity index (χ2v) is 6.61. The van der Waals surface area contributed by atoms with Crippen molar-refractivity contribution in [3.63, 3.8) is 0 Å². The normalized spacial score (nSPS) is 10.5. The Labute approximate surface area is 165 Å². The van der Waals surface area contributed by atoms with Gasteiger partial charge in [0.2, 0.25) is 17.7 Å². The van der Waals surface area contributed by atoms with Gasteiger partial charge in [-0.3, -0.25) is 9.59 Å². The maximum Gasteiger partial charge on any atom is 0.257 e. The highest BCUT2D eigenvalue weighted by atomic mass is 32.1. The Bertz CT molecular complexity index is 924. The summed E-state index contributed by atoms with van der Waals surface area (Å²) in [4.78, 5) is 23.6. The van der Waals surface area contributed by atoms with Gasteiger partial charge >= 0.3 is 0 Å². The summed E-state index contributed by atoms with van der Waals surface area (Å²) in [6.45, 7) is 2.31. The minimum Gasteiger partial charge on any atom is -0.484 e. The van der Waals surface area contributed by atoms with E-state index < -0.39 is 0 Å². The van der Waals surface area contributed by atoms with E-state index in [1.165, 1.54) is 0 Å². The molecular formula is C19H20N4O4S. The van der Waals surface area contributed by atoms with Gasteiger partial charge in [0.15, 0.2) is 6.61 Å². The van der Waals surface area contributed by atoms with Crippen LogP contribution in [0.2, 0.25) is 0 Å². The van der Waals surface area contributed by atoms with Crippen LogP contribution in [0.3, 0.4) is 0 Å². The van der Waals surface area contributed by atoms with Crippen molar-refractivity contribution in [3.05, 3.63) is 47.0 Å². The van der Waals surface area contributed by atoms with E-state index in [0.717, 1.165) is 5.56 Å². The lowest BCUT2D eigenvalue weighted by Gasteiger charge is -2.09. The first-order valence-corrected chi connectivity index (χ1v) is 9.72. The van der Waals surface area contributed by atoms with Crippen LogP contribution in [0.15, 0.2) is 45.5 Å². The third-order valence-corrected chi connectivity index (χ3v) is 4.35. The molecule has 3 rings (SSSR count). The molecule has 2 heterocycles. The molecule has 0 saturated carbocycles. The molecule has 0 saturated heterocycles. The zero-order valence-corrected chi connectivity index (χ0v) is 16.1. The highest BCUT2D eigenvalue weighted by molar-refractivity contribution is 7.08. The minimum atomic E-state index is -0.196. The number of ether oxygens (including phenoxy) is 1. The molecule has 0 aliphatic heterocycles. The summed E-state index contributed by atoms with van der Waals surface area (Å²) in [6, 6.07) is 8.78. The molecular weight excluding hydrogens is 380 g/mol. The summed E-state index contributed by atoms with van der Waals surface area (Å²) >= 11 is 1.55. The number of carbonyl (C=O) groups excluding carboxylic acids is 2. The lowest BCUT2D eigenvalue weighted by atomic mass is 10.2. The molecule has 3 aromatic rings. The van der Waals surface area contributed by atoms with Crippen LogP contribution >= 0.6 is 11.3 Å². The van der Waals surface area contributed by atoms with E-state index in [9.17, 15) is 9.59 Å². The maximum atomic E-state index is 12.2. The van der Waals surface area contributed by atoms with Gasteiger partial charge in [0.05, 0.1) is 0 Å². The minimum absolute atomic E-state index is 0.0745. The monoisotopic (exact) mass is 400 g/mol. The van der Waals surface area contributed by atoms with Crippen molar-refractivity contribution < 1.29 is 18.7 Å². The quantitative estimate of drug-likeness (QED) is 0.572. The smallest absolute Gasteiger partial charge is 0.257 e. The number of hydrogen-bond acceptors (Lipinski definition) is 7. The number of likely N-dealkylation sites (N-methyl/N-ethyl adjacent to an activating group) is 1. The van der Waals surface area contributed by atoms with E-state index in [1.54, 1.807) is 35.6 Å². The van der Waals surface area contributed by atoms with E-state index in [2.05, 4.69) is 20.8 Å². The van der Waals surface area contributed by atoms with Crippen molar-refractivity contribution in [2.75, 3.05) is 18.5 Å². The number of benzene rings is 1. The summed E-state index contributed by atoms with van der Waals surface area (Å²) in [5.41, 5.74) is 1.46.